The highest BCUT2D eigenvalue weighted by atomic mass is 16.4. The zero-order chi connectivity index (χ0) is 13.5. The van der Waals surface area contributed by atoms with Crippen molar-refractivity contribution in [2.75, 3.05) is 0 Å². The first kappa shape index (κ1) is 21.2. The third kappa shape index (κ3) is 11.1. The van der Waals surface area contributed by atoms with E-state index < -0.39 is 36.0 Å². The van der Waals surface area contributed by atoms with E-state index in [1.54, 1.807) is 0 Å². The molecule has 0 aliphatic carbocycles. The molecule has 6 heteroatoms. The predicted octanol–water partition coefficient (Wildman–Crippen LogP) is 0.812. The van der Waals surface area contributed by atoms with E-state index in [0.717, 1.165) is 0 Å². The van der Waals surface area contributed by atoms with Gasteiger partial charge in [0.25, 0.3) is 0 Å². The van der Waals surface area contributed by atoms with E-state index in [-0.39, 0.29) is 7.43 Å². The summed E-state index contributed by atoms with van der Waals surface area (Å²) in [5.74, 6) is -3.23. The maximum absolute atomic E-state index is 9.98. The van der Waals surface area contributed by atoms with Gasteiger partial charge in [0.1, 0.15) is 0 Å². The lowest BCUT2D eigenvalue weighted by Gasteiger charge is -2.06. The molecule has 0 bridgehead atoms. The van der Waals surface area contributed by atoms with Crippen LogP contribution in [-0.2, 0) is 9.59 Å². The first-order chi connectivity index (χ1) is 7.11. The Labute approximate surface area is 102 Å². The highest BCUT2D eigenvalue weighted by Crippen LogP contribution is 2.00. The monoisotopic (exact) mass is 252 g/mol. The summed E-state index contributed by atoms with van der Waals surface area (Å²) in [6.07, 6.45) is -1.51. The lowest BCUT2D eigenvalue weighted by atomic mass is 10.1. The summed E-state index contributed by atoms with van der Waals surface area (Å²) < 4.78 is 0. The fraction of sp³-hybridized carbons (Fsp3) is 0.818. The molecule has 0 fully saturated rings. The Morgan fingerprint density at radius 2 is 0.941 bits per heavy atom. The average molecular weight is 252 g/mol. The van der Waals surface area contributed by atoms with Gasteiger partial charge in [0.2, 0.25) is 0 Å². The topological polar surface area (TPSA) is 115 Å². The van der Waals surface area contributed by atoms with Crippen LogP contribution in [0.2, 0.25) is 0 Å². The molecule has 0 aliphatic heterocycles. The normalized spacial score (nSPS) is 16.4. The second-order valence-electron chi connectivity index (χ2n) is 3.74. The maximum Gasteiger partial charge on any atom is 0.308 e. The van der Waals surface area contributed by atoms with Gasteiger partial charge in [-0.25, -0.2) is 0 Å². The number of carbonyl (C=O) groups is 2. The molecule has 104 valence electrons. The van der Waals surface area contributed by atoms with E-state index in [2.05, 4.69) is 0 Å². The lowest BCUT2D eigenvalue weighted by Crippen LogP contribution is -2.21. The number of rotatable bonds is 4. The molecule has 6 nitrogen and oxygen atoms in total. The molecule has 17 heavy (non-hydrogen) atoms. The van der Waals surface area contributed by atoms with Gasteiger partial charge in [0.15, 0.2) is 0 Å². The van der Waals surface area contributed by atoms with E-state index in [1.807, 2.05) is 0 Å². The van der Waals surface area contributed by atoms with Crippen LogP contribution in [0, 0.1) is 11.8 Å². The van der Waals surface area contributed by atoms with Crippen molar-refractivity contribution < 1.29 is 30.0 Å². The Kier molecular flexibility index (Phi) is 12.5. The molecule has 4 atom stereocenters. The van der Waals surface area contributed by atoms with Crippen molar-refractivity contribution in [3.8, 4) is 0 Å². The van der Waals surface area contributed by atoms with Crippen LogP contribution in [-0.4, -0.2) is 44.6 Å². The van der Waals surface area contributed by atoms with Gasteiger partial charge >= 0.3 is 11.9 Å². The van der Waals surface area contributed by atoms with Crippen LogP contribution in [0.3, 0.4) is 0 Å². The minimum Gasteiger partial charge on any atom is -0.481 e. The van der Waals surface area contributed by atoms with Crippen LogP contribution in [0.25, 0.3) is 0 Å². The molecule has 0 aromatic carbocycles. The molecule has 0 heterocycles. The summed E-state index contributed by atoms with van der Waals surface area (Å²) in [7, 11) is 0. The molecule has 0 aromatic heterocycles. The minimum absolute atomic E-state index is 0. The largest absolute Gasteiger partial charge is 0.481 e. The second kappa shape index (κ2) is 10.0. The Balaban J connectivity index is -0.000000218. The van der Waals surface area contributed by atoms with Crippen LogP contribution in [0.5, 0.6) is 0 Å². The number of aliphatic hydroxyl groups is 2. The molecule has 0 radical (unpaired) electrons. The van der Waals surface area contributed by atoms with Crippen molar-refractivity contribution in [2.45, 2.75) is 47.3 Å². The number of aliphatic carboxylic acids is 2. The van der Waals surface area contributed by atoms with Crippen molar-refractivity contribution >= 4 is 11.9 Å². The van der Waals surface area contributed by atoms with Gasteiger partial charge in [-0.2, -0.15) is 0 Å². The van der Waals surface area contributed by atoms with Crippen LogP contribution in [0.15, 0.2) is 0 Å². The van der Waals surface area contributed by atoms with Gasteiger partial charge in [0.05, 0.1) is 24.0 Å². The Bertz CT molecular complexity index is 200. The summed E-state index contributed by atoms with van der Waals surface area (Å²) in [5, 5.41) is 33.6. The van der Waals surface area contributed by atoms with E-state index >= 15 is 0 Å². The zero-order valence-electron chi connectivity index (χ0n) is 9.91. The van der Waals surface area contributed by atoms with E-state index in [0.29, 0.717) is 0 Å². The summed E-state index contributed by atoms with van der Waals surface area (Å²) >= 11 is 0. The first-order valence-electron chi connectivity index (χ1n) is 4.93. The van der Waals surface area contributed by atoms with Crippen molar-refractivity contribution in [1.82, 2.24) is 0 Å². The van der Waals surface area contributed by atoms with Gasteiger partial charge in [0, 0.05) is 0 Å². The maximum atomic E-state index is 9.98. The fourth-order valence-electron chi connectivity index (χ4n) is 0.413. The molecule has 0 rings (SSSR count). The molecule has 4 N–H and O–H groups in total. The predicted molar refractivity (Wildman–Crippen MR) is 63.7 cm³/mol. The van der Waals surface area contributed by atoms with E-state index in [9.17, 15) is 9.59 Å². The first-order valence-corrected chi connectivity index (χ1v) is 4.93. The summed E-state index contributed by atoms with van der Waals surface area (Å²) in [4.78, 5) is 20.0. The third-order valence-electron chi connectivity index (χ3n) is 2.23. The number of aliphatic hydroxyl groups excluding tert-OH is 2. The van der Waals surface area contributed by atoms with Crippen LogP contribution in [0.4, 0.5) is 0 Å². The minimum atomic E-state index is -0.958. The van der Waals surface area contributed by atoms with E-state index in [4.69, 9.17) is 20.4 Å². The molecule has 0 aliphatic rings. The second-order valence-corrected chi connectivity index (χ2v) is 3.74. The van der Waals surface area contributed by atoms with Crippen molar-refractivity contribution in [3.05, 3.63) is 0 Å². The van der Waals surface area contributed by atoms with Crippen LogP contribution >= 0.6 is 0 Å². The van der Waals surface area contributed by atoms with Gasteiger partial charge in [-0.05, 0) is 27.7 Å². The highest BCUT2D eigenvalue weighted by Gasteiger charge is 2.16. The molecule has 0 spiro atoms. The molecule has 0 saturated carbocycles. The molecule has 0 amide bonds. The number of hydrogen-bond acceptors (Lipinski definition) is 4. The number of carboxylic acids is 2. The molecule has 0 aromatic rings. The smallest absolute Gasteiger partial charge is 0.308 e. The summed E-state index contributed by atoms with van der Waals surface area (Å²) in [5.41, 5.74) is 0. The van der Waals surface area contributed by atoms with Crippen LogP contribution < -0.4 is 0 Å². The molecule has 0 saturated heterocycles. The highest BCUT2D eigenvalue weighted by molar-refractivity contribution is 5.70. The molecular formula is C11H24O6. The Hall–Kier alpha value is -1.14. The quantitative estimate of drug-likeness (QED) is 0.588. The summed E-state index contributed by atoms with van der Waals surface area (Å²) in [6, 6.07) is 0. The van der Waals surface area contributed by atoms with Crippen molar-refractivity contribution in [1.29, 1.82) is 0 Å². The number of carboxylic acid groups (broad SMARTS) is 2. The van der Waals surface area contributed by atoms with Gasteiger partial charge in [-0.15, -0.1) is 0 Å². The van der Waals surface area contributed by atoms with Gasteiger partial charge < -0.3 is 20.4 Å². The molecule has 0 unspecified atom stereocenters. The van der Waals surface area contributed by atoms with Crippen molar-refractivity contribution in [2.24, 2.45) is 11.8 Å². The standard InChI is InChI=1S/2C5H10O3.CH4/c2*1-3(4(2)6)5(7)8;/h2*3-4,6H,1-2H3,(H,7,8);1H4/t2*3-,4-;/m10./s1. The number of hydrogen-bond donors (Lipinski definition) is 4. The lowest BCUT2D eigenvalue weighted by molar-refractivity contribution is -0.145. The zero-order valence-corrected chi connectivity index (χ0v) is 9.91. The summed E-state index contributed by atoms with van der Waals surface area (Å²) in [6.45, 7) is 5.84. The van der Waals surface area contributed by atoms with Gasteiger partial charge in [-0.3, -0.25) is 9.59 Å². The van der Waals surface area contributed by atoms with Crippen LogP contribution in [0.1, 0.15) is 35.1 Å². The van der Waals surface area contributed by atoms with Crippen molar-refractivity contribution in [3.63, 3.8) is 0 Å². The van der Waals surface area contributed by atoms with E-state index in [1.165, 1.54) is 27.7 Å². The average Bonchev–Trinajstić information content (AvgIpc) is 2.15. The SMILES string of the molecule is C.C[C@@H](O)[C@@H](C)C(=O)O.C[C@H](O)[C@H](C)C(=O)O. The third-order valence-corrected chi connectivity index (χ3v) is 2.23. The Morgan fingerprint density at radius 1 is 0.765 bits per heavy atom. The molecular weight excluding hydrogens is 228 g/mol. The fourth-order valence-corrected chi connectivity index (χ4v) is 0.413. The Morgan fingerprint density at radius 3 is 0.941 bits per heavy atom. The van der Waals surface area contributed by atoms with Gasteiger partial charge in [-0.1, -0.05) is 7.43 Å².